The van der Waals surface area contributed by atoms with Crippen molar-refractivity contribution in [2.45, 2.75) is 44.6 Å². The highest BCUT2D eigenvalue weighted by atomic mass is 16.7. The summed E-state index contributed by atoms with van der Waals surface area (Å²) in [6.45, 7) is 0.931. The summed E-state index contributed by atoms with van der Waals surface area (Å²) in [6.07, 6.45) is 4.85. The monoisotopic (exact) mass is 932 g/mol. The number of aliphatic imine (C=N–C) groups is 2. The van der Waals surface area contributed by atoms with Crippen molar-refractivity contribution in [1.29, 1.82) is 0 Å². The third kappa shape index (κ3) is 8.75. The van der Waals surface area contributed by atoms with E-state index in [-0.39, 0.29) is 56.7 Å². The Morgan fingerprint density at radius 3 is 1.68 bits per heavy atom. The Morgan fingerprint density at radius 2 is 1.17 bits per heavy atom. The number of anilines is 3. The molecule has 0 unspecified atom stereocenters. The lowest BCUT2D eigenvalue weighted by Crippen LogP contribution is -2.37. The second-order valence-corrected chi connectivity index (χ2v) is 16.9. The van der Waals surface area contributed by atoms with Gasteiger partial charge in [0.15, 0.2) is 23.0 Å². The lowest BCUT2D eigenvalue weighted by molar-refractivity contribution is -0.146. The lowest BCUT2D eigenvalue weighted by Gasteiger charge is -2.23. The summed E-state index contributed by atoms with van der Waals surface area (Å²) < 4.78 is 30.9. The molecule has 0 bridgehead atoms. The molecule has 0 saturated carbocycles. The predicted octanol–water partition coefficient (Wildman–Crippen LogP) is 7.15. The number of carbonyl (C=O) groups excluding carboxylic acids is 3. The molecule has 17 nitrogen and oxygen atoms in total. The maximum absolute atomic E-state index is 14.0. The van der Waals surface area contributed by atoms with E-state index in [2.05, 4.69) is 0 Å². The fourth-order valence-corrected chi connectivity index (χ4v) is 9.06. The smallest absolute Gasteiger partial charge is 0.335 e. The minimum Gasteiger partial charge on any atom is -0.493 e. The molecule has 2 N–H and O–H groups in total. The highest BCUT2D eigenvalue weighted by molar-refractivity contribution is 6.16. The Kier molecular flexibility index (Phi) is 12.1. The molecule has 10 rings (SSSR count). The molecule has 352 valence electrons. The second kappa shape index (κ2) is 18.8. The summed E-state index contributed by atoms with van der Waals surface area (Å²) in [4.78, 5) is 60.5. The van der Waals surface area contributed by atoms with Crippen LogP contribution < -0.4 is 38.5 Å². The van der Waals surface area contributed by atoms with Gasteiger partial charge in [-0.05, 0) is 64.7 Å². The van der Waals surface area contributed by atoms with Gasteiger partial charge in [-0.3, -0.25) is 29.4 Å². The van der Waals surface area contributed by atoms with Crippen LogP contribution in [0, 0.1) is 0 Å². The van der Waals surface area contributed by atoms with Crippen LogP contribution in [0.2, 0.25) is 0 Å². The molecule has 5 heterocycles. The standard InChI is InChI=1S/C52H48N6O11/c1-55(15-17-66-16-14-50(61)69-58-48(59)12-13-49(58)60)35-19-31(29-67-46-25-40-38(23-44(46)64-2)51(62)56-36(27-53-40)21-33-8-4-6-10-42(33)56)18-32(20-35)30-68-47-26-41-39(24-45(47)65-3)52(63)57-37(28-54-41)22-34-9-5-7-11-43(34)57/h4-13,18-20,23-28,36-37,59-60H,14-17,21-22,29-30H2,1-3H3/t36-,37-/m0/s1. The van der Waals surface area contributed by atoms with Crippen molar-refractivity contribution in [3.05, 3.63) is 137 Å². The van der Waals surface area contributed by atoms with E-state index >= 15 is 0 Å². The molecule has 69 heavy (non-hydrogen) atoms. The molecule has 4 aliphatic heterocycles. The molecule has 2 amide bonds. The number of amides is 2. The van der Waals surface area contributed by atoms with Crippen LogP contribution in [0.3, 0.4) is 0 Å². The molecule has 6 aromatic rings. The Labute approximate surface area is 396 Å². The van der Waals surface area contributed by atoms with Crippen LogP contribution in [-0.2, 0) is 35.6 Å². The zero-order valence-corrected chi connectivity index (χ0v) is 38.0. The van der Waals surface area contributed by atoms with Crippen molar-refractivity contribution in [3.8, 4) is 34.8 Å². The van der Waals surface area contributed by atoms with E-state index < -0.39 is 17.7 Å². The van der Waals surface area contributed by atoms with E-state index in [1.165, 1.54) is 26.4 Å². The molecule has 0 fully saturated rings. The van der Waals surface area contributed by atoms with Crippen LogP contribution in [0.25, 0.3) is 0 Å². The number of benzene rings is 5. The molecular formula is C52H48N6O11. The summed E-state index contributed by atoms with van der Waals surface area (Å²) >= 11 is 0. The zero-order valence-electron chi connectivity index (χ0n) is 38.0. The van der Waals surface area contributed by atoms with Gasteiger partial charge in [-0.2, -0.15) is 0 Å². The van der Waals surface area contributed by atoms with Crippen LogP contribution in [0.4, 0.5) is 28.4 Å². The summed E-state index contributed by atoms with van der Waals surface area (Å²) in [5.74, 6) is -0.288. The Hall–Kier alpha value is -8.31. The quantitative estimate of drug-likeness (QED) is 0.0936. The first kappa shape index (κ1) is 44.5. The first-order chi connectivity index (χ1) is 33.6. The zero-order chi connectivity index (χ0) is 47.8. The number of fused-ring (bicyclic) bond motifs is 8. The fraction of sp³-hybridized carbons (Fsp3) is 0.250. The van der Waals surface area contributed by atoms with E-state index in [9.17, 15) is 24.6 Å². The van der Waals surface area contributed by atoms with Crippen molar-refractivity contribution < 1.29 is 53.1 Å². The number of para-hydroxylation sites is 2. The average molecular weight is 933 g/mol. The van der Waals surface area contributed by atoms with Crippen molar-refractivity contribution in [2.24, 2.45) is 9.98 Å². The molecule has 4 aliphatic rings. The first-order valence-electron chi connectivity index (χ1n) is 22.4. The maximum atomic E-state index is 14.0. The number of carbonyl (C=O) groups is 3. The van der Waals surface area contributed by atoms with E-state index in [4.69, 9.17) is 38.5 Å². The van der Waals surface area contributed by atoms with Crippen molar-refractivity contribution in [1.82, 2.24) is 4.73 Å². The third-order valence-electron chi connectivity index (χ3n) is 12.5. The Bertz CT molecular complexity index is 2880. The minimum absolute atomic E-state index is 0.0386. The van der Waals surface area contributed by atoms with Crippen LogP contribution in [0.15, 0.2) is 113 Å². The van der Waals surface area contributed by atoms with E-state index in [0.29, 0.717) is 69.6 Å². The number of ether oxygens (including phenoxy) is 5. The molecule has 5 aromatic carbocycles. The predicted molar refractivity (Wildman–Crippen MR) is 257 cm³/mol. The highest BCUT2D eigenvalue weighted by Crippen LogP contribution is 2.43. The fourth-order valence-electron chi connectivity index (χ4n) is 9.06. The van der Waals surface area contributed by atoms with Gasteiger partial charge in [0.2, 0.25) is 11.8 Å². The number of likely N-dealkylation sites (N-methyl/N-ethyl adjacent to an activating group) is 1. The molecule has 0 aliphatic carbocycles. The SMILES string of the molecule is COc1cc2c(cc1OCc1cc(COc3cc4c(cc3OC)C(=O)N3c5ccccc5C[C@H]3C=N4)cc(N(C)CCOCCC(=O)On3c(O)ccc3O)c1)N=C[C@@H]1Cc3ccccc3N1C2=O. The summed E-state index contributed by atoms with van der Waals surface area (Å²) in [5, 5.41) is 19.6. The topological polar surface area (TPSA) is 186 Å². The van der Waals surface area contributed by atoms with Crippen molar-refractivity contribution >= 4 is 58.6 Å². The van der Waals surface area contributed by atoms with Gasteiger partial charge in [0, 0.05) is 80.2 Å². The number of hydrogen-bond donors (Lipinski definition) is 2. The van der Waals surface area contributed by atoms with E-state index in [1.54, 1.807) is 34.1 Å². The van der Waals surface area contributed by atoms with E-state index in [1.807, 2.05) is 91.1 Å². The number of rotatable bonds is 16. The van der Waals surface area contributed by atoms with Crippen LogP contribution in [0.5, 0.6) is 34.8 Å². The Morgan fingerprint density at radius 1 is 0.667 bits per heavy atom. The van der Waals surface area contributed by atoms with Gasteiger partial charge >= 0.3 is 5.97 Å². The molecule has 17 heteroatoms. The largest absolute Gasteiger partial charge is 0.493 e. The summed E-state index contributed by atoms with van der Waals surface area (Å²) in [6, 6.07) is 30.5. The Balaban J connectivity index is 0.874. The first-order valence-corrected chi connectivity index (χ1v) is 22.4. The minimum atomic E-state index is -0.700. The average Bonchev–Trinajstić information content (AvgIpc) is 3.98. The number of methoxy groups -OCH3 is 2. The number of hydrogen-bond acceptors (Lipinski definition) is 14. The second-order valence-electron chi connectivity index (χ2n) is 16.9. The summed E-state index contributed by atoms with van der Waals surface area (Å²) in [5.41, 5.74) is 8.08. The van der Waals surface area contributed by atoms with Gasteiger partial charge in [0.25, 0.3) is 11.8 Å². The lowest BCUT2D eigenvalue weighted by atomic mass is 10.1. The molecule has 2 atom stereocenters. The van der Waals surface area contributed by atoms with Gasteiger partial charge in [-0.1, -0.05) is 36.4 Å². The van der Waals surface area contributed by atoms with Gasteiger partial charge in [0.05, 0.1) is 68.4 Å². The summed E-state index contributed by atoms with van der Waals surface area (Å²) in [7, 11) is 4.96. The van der Waals surface area contributed by atoms with Gasteiger partial charge in [0.1, 0.15) is 13.2 Å². The normalized spacial score (nSPS) is 16.1. The van der Waals surface area contributed by atoms with Crippen LogP contribution in [-0.4, -0.2) is 98.3 Å². The molecular weight excluding hydrogens is 885 g/mol. The number of nitrogens with zero attached hydrogens (tertiary/aromatic N) is 6. The van der Waals surface area contributed by atoms with Crippen LogP contribution in [0.1, 0.15) is 49.4 Å². The van der Waals surface area contributed by atoms with Gasteiger partial charge < -0.3 is 43.6 Å². The number of aromatic nitrogens is 1. The third-order valence-corrected chi connectivity index (χ3v) is 12.5. The van der Waals surface area contributed by atoms with Crippen molar-refractivity contribution in [2.75, 3.05) is 55.7 Å². The van der Waals surface area contributed by atoms with Gasteiger partial charge in [-0.25, -0.2) is 4.79 Å². The van der Waals surface area contributed by atoms with Crippen LogP contribution >= 0.6 is 0 Å². The van der Waals surface area contributed by atoms with E-state index in [0.717, 1.165) is 39.3 Å². The van der Waals surface area contributed by atoms with Gasteiger partial charge in [-0.15, -0.1) is 4.73 Å². The highest BCUT2D eigenvalue weighted by Gasteiger charge is 2.38. The maximum Gasteiger partial charge on any atom is 0.335 e. The molecule has 1 aromatic heterocycles. The number of aromatic hydroxyl groups is 2. The molecule has 0 spiro atoms. The molecule has 0 saturated heterocycles. The van der Waals surface area contributed by atoms with Crippen molar-refractivity contribution in [3.63, 3.8) is 0 Å². The molecule has 0 radical (unpaired) electrons.